The molecule has 0 fully saturated rings. The van der Waals surface area contributed by atoms with Gasteiger partial charge in [0.25, 0.3) is 0 Å². The summed E-state index contributed by atoms with van der Waals surface area (Å²) >= 11 is 0. The Morgan fingerprint density at radius 3 is 3.06 bits per heavy atom. The number of aromatic nitrogens is 2. The zero-order chi connectivity index (χ0) is 11.5. The van der Waals surface area contributed by atoms with Crippen molar-refractivity contribution in [2.75, 3.05) is 5.32 Å². The van der Waals surface area contributed by atoms with E-state index in [1.54, 1.807) is 6.20 Å². The summed E-state index contributed by atoms with van der Waals surface area (Å²) in [6.45, 7) is 0.777. The summed E-state index contributed by atoms with van der Waals surface area (Å²) in [7, 11) is 0. The lowest BCUT2D eigenvalue weighted by Gasteiger charge is -2.07. The Hall–Kier alpha value is -1.90. The molecule has 3 heteroatoms. The molecule has 0 radical (unpaired) electrons. The van der Waals surface area contributed by atoms with Crippen LogP contribution in [-0.2, 0) is 19.4 Å². The van der Waals surface area contributed by atoms with Gasteiger partial charge in [-0.1, -0.05) is 12.1 Å². The largest absolute Gasteiger partial charge is 0.366 e. The average Bonchev–Trinajstić information content (AvgIpc) is 2.85. The van der Waals surface area contributed by atoms with Crippen molar-refractivity contribution in [2.45, 2.75) is 25.8 Å². The van der Waals surface area contributed by atoms with Crippen molar-refractivity contribution in [3.05, 3.63) is 53.5 Å². The van der Waals surface area contributed by atoms with Crippen molar-refractivity contribution in [2.24, 2.45) is 0 Å². The second-order valence-corrected chi connectivity index (χ2v) is 4.37. The van der Waals surface area contributed by atoms with E-state index >= 15 is 0 Å². The van der Waals surface area contributed by atoms with E-state index in [1.165, 1.54) is 29.7 Å². The number of nitrogens with zero attached hydrogens (tertiary/aromatic N) is 2. The van der Waals surface area contributed by atoms with Crippen molar-refractivity contribution in [3.63, 3.8) is 0 Å². The van der Waals surface area contributed by atoms with Crippen LogP contribution in [0.3, 0.4) is 0 Å². The maximum Gasteiger partial charge on any atom is 0.126 e. The molecule has 86 valence electrons. The molecule has 0 saturated carbocycles. The van der Waals surface area contributed by atoms with Gasteiger partial charge in [0.1, 0.15) is 5.82 Å². The summed E-state index contributed by atoms with van der Waals surface area (Å²) in [6.07, 6.45) is 7.22. The SMILES string of the molecule is c1cncc(CNc2ccc3c(n2)CCC3)c1. The minimum atomic E-state index is 0.777. The van der Waals surface area contributed by atoms with Crippen molar-refractivity contribution in [1.29, 1.82) is 0 Å². The Morgan fingerprint density at radius 1 is 1.18 bits per heavy atom. The summed E-state index contributed by atoms with van der Waals surface area (Å²) in [5, 5.41) is 3.34. The van der Waals surface area contributed by atoms with Crippen LogP contribution in [0.5, 0.6) is 0 Å². The second kappa shape index (κ2) is 4.53. The first-order chi connectivity index (χ1) is 8.42. The highest BCUT2D eigenvalue weighted by molar-refractivity contribution is 5.40. The number of fused-ring (bicyclic) bond motifs is 1. The number of hydrogen-bond acceptors (Lipinski definition) is 3. The minimum absolute atomic E-state index is 0.777. The number of rotatable bonds is 3. The highest BCUT2D eigenvalue weighted by Crippen LogP contribution is 2.21. The molecule has 2 aromatic rings. The van der Waals surface area contributed by atoms with Crippen molar-refractivity contribution < 1.29 is 0 Å². The third-order valence-corrected chi connectivity index (χ3v) is 3.12. The van der Waals surface area contributed by atoms with E-state index in [-0.39, 0.29) is 0 Å². The van der Waals surface area contributed by atoms with Gasteiger partial charge in [-0.2, -0.15) is 0 Å². The fourth-order valence-electron chi connectivity index (χ4n) is 2.21. The molecule has 1 aliphatic carbocycles. The highest BCUT2D eigenvalue weighted by atomic mass is 15.0. The van der Waals surface area contributed by atoms with E-state index in [9.17, 15) is 0 Å². The molecule has 17 heavy (non-hydrogen) atoms. The van der Waals surface area contributed by atoms with Crippen molar-refractivity contribution in [3.8, 4) is 0 Å². The molecule has 3 rings (SSSR count). The Morgan fingerprint density at radius 2 is 2.18 bits per heavy atom. The van der Waals surface area contributed by atoms with Gasteiger partial charge in [-0.15, -0.1) is 0 Å². The molecule has 0 bridgehead atoms. The predicted molar refractivity (Wildman–Crippen MR) is 67.8 cm³/mol. The number of hydrogen-bond donors (Lipinski definition) is 1. The number of aryl methyl sites for hydroxylation is 2. The smallest absolute Gasteiger partial charge is 0.126 e. The topological polar surface area (TPSA) is 37.8 Å². The van der Waals surface area contributed by atoms with Gasteiger partial charge < -0.3 is 5.32 Å². The summed E-state index contributed by atoms with van der Waals surface area (Å²) in [5.41, 5.74) is 3.85. The molecular weight excluding hydrogens is 210 g/mol. The molecule has 0 spiro atoms. The van der Waals surface area contributed by atoms with Gasteiger partial charge in [-0.05, 0) is 42.5 Å². The molecule has 2 heterocycles. The number of pyridine rings is 2. The molecule has 0 amide bonds. The maximum atomic E-state index is 4.64. The van der Waals surface area contributed by atoms with Crippen LogP contribution in [0.15, 0.2) is 36.7 Å². The lowest BCUT2D eigenvalue weighted by molar-refractivity contribution is 0.899. The standard InChI is InChI=1S/C14H15N3/c1-4-12-6-7-14(17-13(12)5-1)16-10-11-3-2-8-15-9-11/h2-3,6-9H,1,4-5,10H2,(H,16,17). The number of nitrogens with one attached hydrogen (secondary N) is 1. The molecule has 0 aromatic carbocycles. The van der Waals surface area contributed by atoms with E-state index in [2.05, 4.69) is 33.5 Å². The third-order valence-electron chi connectivity index (χ3n) is 3.12. The first-order valence-corrected chi connectivity index (χ1v) is 6.03. The average molecular weight is 225 g/mol. The van der Waals surface area contributed by atoms with Crippen LogP contribution in [0, 0.1) is 0 Å². The van der Waals surface area contributed by atoms with Gasteiger partial charge in [-0.25, -0.2) is 4.98 Å². The predicted octanol–water partition coefficient (Wildman–Crippen LogP) is 2.58. The maximum absolute atomic E-state index is 4.64. The third kappa shape index (κ3) is 2.28. The molecular formula is C14H15N3. The lowest BCUT2D eigenvalue weighted by atomic mass is 10.2. The van der Waals surface area contributed by atoms with Gasteiger partial charge in [0.2, 0.25) is 0 Å². The van der Waals surface area contributed by atoms with Crippen molar-refractivity contribution >= 4 is 5.82 Å². The molecule has 0 atom stereocenters. The van der Waals surface area contributed by atoms with Crippen LogP contribution < -0.4 is 5.32 Å². The molecule has 2 aromatic heterocycles. The summed E-state index contributed by atoms with van der Waals surface area (Å²) < 4.78 is 0. The quantitative estimate of drug-likeness (QED) is 0.872. The van der Waals surface area contributed by atoms with Gasteiger partial charge in [0.15, 0.2) is 0 Å². The van der Waals surface area contributed by atoms with Gasteiger partial charge >= 0.3 is 0 Å². The monoisotopic (exact) mass is 225 g/mol. The summed E-state index contributed by atoms with van der Waals surface area (Å²) in [5.74, 6) is 0.967. The normalized spacial score (nSPS) is 13.4. The zero-order valence-corrected chi connectivity index (χ0v) is 9.69. The molecule has 0 aliphatic heterocycles. The van der Waals surface area contributed by atoms with Gasteiger partial charge in [0, 0.05) is 24.6 Å². The Balaban J connectivity index is 1.70. The van der Waals surface area contributed by atoms with E-state index in [1.807, 2.05) is 12.3 Å². The van der Waals surface area contributed by atoms with Crippen molar-refractivity contribution in [1.82, 2.24) is 9.97 Å². The fraction of sp³-hybridized carbons (Fsp3) is 0.286. The molecule has 3 nitrogen and oxygen atoms in total. The highest BCUT2D eigenvalue weighted by Gasteiger charge is 2.11. The zero-order valence-electron chi connectivity index (χ0n) is 9.69. The van der Waals surface area contributed by atoms with E-state index in [4.69, 9.17) is 0 Å². The van der Waals surface area contributed by atoms with Gasteiger partial charge in [0.05, 0.1) is 0 Å². The second-order valence-electron chi connectivity index (χ2n) is 4.37. The van der Waals surface area contributed by atoms with Crippen LogP contribution in [0.1, 0.15) is 23.2 Å². The number of anilines is 1. The van der Waals surface area contributed by atoms with Crippen LogP contribution in [0.4, 0.5) is 5.82 Å². The minimum Gasteiger partial charge on any atom is -0.366 e. The molecule has 0 saturated heterocycles. The van der Waals surface area contributed by atoms with Gasteiger partial charge in [-0.3, -0.25) is 4.98 Å². The van der Waals surface area contributed by atoms with Crippen LogP contribution >= 0.6 is 0 Å². The molecule has 0 unspecified atom stereocenters. The van der Waals surface area contributed by atoms with E-state index in [0.717, 1.165) is 18.8 Å². The van der Waals surface area contributed by atoms with Crippen LogP contribution in [0.2, 0.25) is 0 Å². The lowest BCUT2D eigenvalue weighted by Crippen LogP contribution is -2.03. The Labute approximate surface area is 101 Å². The Kier molecular flexibility index (Phi) is 2.74. The fourth-order valence-corrected chi connectivity index (χ4v) is 2.21. The van der Waals surface area contributed by atoms with E-state index < -0.39 is 0 Å². The molecule has 1 aliphatic rings. The molecule has 1 N–H and O–H groups in total. The Bertz CT molecular complexity index is 508. The summed E-state index contributed by atoms with van der Waals surface area (Å²) in [4.78, 5) is 8.73. The van der Waals surface area contributed by atoms with Crippen LogP contribution in [-0.4, -0.2) is 9.97 Å². The first kappa shape index (κ1) is 10.3. The van der Waals surface area contributed by atoms with Crippen LogP contribution in [0.25, 0.3) is 0 Å². The summed E-state index contributed by atoms with van der Waals surface area (Å²) in [6, 6.07) is 8.28. The first-order valence-electron chi connectivity index (χ1n) is 6.03. The van der Waals surface area contributed by atoms with E-state index in [0.29, 0.717) is 0 Å².